The summed E-state index contributed by atoms with van der Waals surface area (Å²) in [5, 5.41) is 16.0. The van der Waals surface area contributed by atoms with Gasteiger partial charge in [0.15, 0.2) is 0 Å². The summed E-state index contributed by atoms with van der Waals surface area (Å²) in [6, 6.07) is 7.92. The highest BCUT2D eigenvalue weighted by Crippen LogP contribution is 2.12. The van der Waals surface area contributed by atoms with Crippen LogP contribution in [0.2, 0.25) is 0 Å². The van der Waals surface area contributed by atoms with Crippen LogP contribution in [0.4, 0.5) is 0 Å². The second kappa shape index (κ2) is 7.09. The molecule has 6 nitrogen and oxygen atoms in total. The van der Waals surface area contributed by atoms with Gasteiger partial charge in [-0.25, -0.2) is 9.48 Å². The molecule has 0 aliphatic carbocycles. The van der Waals surface area contributed by atoms with Gasteiger partial charge in [-0.1, -0.05) is 13.8 Å². The van der Waals surface area contributed by atoms with Crippen molar-refractivity contribution in [2.45, 2.75) is 33.2 Å². The molecule has 2 rings (SSSR count). The second-order valence-corrected chi connectivity index (χ2v) is 5.93. The van der Waals surface area contributed by atoms with Gasteiger partial charge in [0.2, 0.25) is 0 Å². The molecule has 2 aromatic rings. The van der Waals surface area contributed by atoms with Gasteiger partial charge in [-0.3, -0.25) is 4.79 Å². The van der Waals surface area contributed by atoms with Crippen LogP contribution in [-0.2, 0) is 4.79 Å². The van der Waals surface area contributed by atoms with Crippen molar-refractivity contribution < 1.29 is 14.7 Å². The molecule has 0 bridgehead atoms. The lowest BCUT2D eigenvalue weighted by atomic mass is 10.0. The average molecular weight is 315 g/mol. The monoisotopic (exact) mass is 315 g/mol. The van der Waals surface area contributed by atoms with E-state index in [-0.39, 0.29) is 11.8 Å². The molecule has 0 radical (unpaired) electrons. The molecule has 122 valence electrons. The Bertz CT molecular complexity index is 689. The maximum Gasteiger partial charge on any atom is 0.326 e. The molecular formula is C17H21N3O3. The Morgan fingerprint density at radius 1 is 1.22 bits per heavy atom. The SMILES string of the molecule is Cc1ccnn1-c1ccc(C(=O)N[C@@H](CC(C)C)C(=O)O)cc1. The number of hydrogen-bond acceptors (Lipinski definition) is 3. The molecule has 1 amide bonds. The molecule has 0 saturated carbocycles. The van der Waals surface area contributed by atoms with Gasteiger partial charge in [0, 0.05) is 17.5 Å². The van der Waals surface area contributed by atoms with Gasteiger partial charge in [-0.2, -0.15) is 5.10 Å². The first-order valence-corrected chi connectivity index (χ1v) is 7.53. The minimum Gasteiger partial charge on any atom is -0.480 e. The third-order valence-corrected chi connectivity index (χ3v) is 3.52. The summed E-state index contributed by atoms with van der Waals surface area (Å²) >= 11 is 0. The van der Waals surface area contributed by atoms with Crippen LogP contribution in [0.3, 0.4) is 0 Å². The number of amides is 1. The molecule has 0 saturated heterocycles. The Labute approximate surface area is 135 Å². The Morgan fingerprint density at radius 2 is 1.87 bits per heavy atom. The Balaban J connectivity index is 2.11. The molecule has 23 heavy (non-hydrogen) atoms. The van der Waals surface area contributed by atoms with Gasteiger partial charge < -0.3 is 10.4 Å². The molecular weight excluding hydrogens is 294 g/mol. The quantitative estimate of drug-likeness (QED) is 0.857. The largest absolute Gasteiger partial charge is 0.480 e. The van der Waals surface area contributed by atoms with Gasteiger partial charge in [-0.15, -0.1) is 0 Å². The summed E-state index contributed by atoms with van der Waals surface area (Å²) in [4.78, 5) is 23.4. The van der Waals surface area contributed by atoms with Crippen molar-refractivity contribution in [2.75, 3.05) is 0 Å². The highest BCUT2D eigenvalue weighted by Gasteiger charge is 2.21. The van der Waals surface area contributed by atoms with Crippen LogP contribution >= 0.6 is 0 Å². The van der Waals surface area contributed by atoms with Crippen molar-refractivity contribution >= 4 is 11.9 Å². The third kappa shape index (κ3) is 4.18. The highest BCUT2D eigenvalue weighted by molar-refractivity contribution is 5.96. The number of rotatable bonds is 6. The molecule has 6 heteroatoms. The average Bonchev–Trinajstić information content (AvgIpc) is 2.92. The standard InChI is InChI=1S/C17H21N3O3/c1-11(2)10-15(17(22)23)19-16(21)13-4-6-14(7-5-13)20-12(3)8-9-18-20/h4-9,11,15H,10H2,1-3H3,(H,19,21)(H,22,23)/t15-/m0/s1. The van der Waals surface area contributed by atoms with E-state index in [9.17, 15) is 14.7 Å². The Morgan fingerprint density at radius 3 is 2.35 bits per heavy atom. The minimum atomic E-state index is -1.02. The van der Waals surface area contributed by atoms with Gasteiger partial charge in [0.25, 0.3) is 5.91 Å². The van der Waals surface area contributed by atoms with Crippen LogP contribution in [0.25, 0.3) is 5.69 Å². The second-order valence-electron chi connectivity index (χ2n) is 5.93. The van der Waals surface area contributed by atoms with E-state index in [0.29, 0.717) is 12.0 Å². The zero-order chi connectivity index (χ0) is 17.0. The number of carboxylic acids is 1. The number of aryl methyl sites for hydroxylation is 1. The van der Waals surface area contributed by atoms with Gasteiger partial charge in [-0.05, 0) is 49.6 Å². The number of aliphatic carboxylic acids is 1. The van der Waals surface area contributed by atoms with Gasteiger partial charge in [0.1, 0.15) is 6.04 Å². The summed E-state index contributed by atoms with van der Waals surface area (Å²) in [5.74, 6) is -1.22. The van der Waals surface area contributed by atoms with Crippen molar-refractivity contribution in [3.05, 3.63) is 47.8 Å². The minimum absolute atomic E-state index is 0.182. The molecule has 1 aromatic heterocycles. The molecule has 1 atom stereocenters. The summed E-state index contributed by atoms with van der Waals surface area (Å²) in [5.41, 5.74) is 2.26. The Kier molecular flexibility index (Phi) is 5.16. The van der Waals surface area contributed by atoms with E-state index in [1.54, 1.807) is 35.1 Å². The Hall–Kier alpha value is -2.63. The lowest BCUT2D eigenvalue weighted by Crippen LogP contribution is -2.41. The smallest absolute Gasteiger partial charge is 0.326 e. The number of benzene rings is 1. The van der Waals surface area contributed by atoms with Crippen molar-refractivity contribution in [1.82, 2.24) is 15.1 Å². The summed E-state index contributed by atoms with van der Waals surface area (Å²) in [6.07, 6.45) is 2.10. The molecule has 1 heterocycles. The number of aromatic nitrogens is 2. The van der Waals surface area contributed by atoms with Crippen LogP contribution in [0.5, 0.6) is 0 Å². The van der Waals surface area contributed by atoms with Crippen LogP contribution in [-0.4, -0.2) is 32.8 Å². The zero-order valence-electron chi connectivity index (χ0n) is 13.5. The molecule has 0 aliphatic rings. The molecule has 0 spiro atoms. The van der Waals surface area contributed by atoms with Crippen LogP contribution < -0.4 is 5.32 Å². The fourth-order valence-corrected chi connectivity index (χ4v) is 2.33. The van der Waals surface area contributed by atoms with E-state index in [2.05, 4.69) is 10.4 Å². The fraction of sp³-hybridized carbons (Fsp3) is 0.353. The van der Waals surface area contributed by atoms with Crippen LogP contribution in [0.15, 0.2) is 36.5 Å². The number of carboxylic acid groups (broad SMARTS) is 1. The fourth-order valence-electron chi connectivity index (χ4n) is 2.33. The number of hydrogen-bond donors (Lipinski definition) is 2. The summed E-state index contributed by atoms with van der Waals surface area (Å²) in [6.45, 7) is 5.78. The van der Waals surface area contributed by atoms with Gasteiger partial charge in [0.05, 0.1) is 5.69 Å². The lowest BCUT2D eigenvalue weighted by Gasteiger charge is -2.16. The highest BCUT2D eigenvalue weighted by atomic mass is 16.4. The molecule has 1 aromatic carbocycles. The van der Waals surface area contributed by atoms with Crippen LogP contribution in [0, 0.1) is 12.8 Å². The summed E-state index contributed by atoms with van der Waals surface area (Å²) < 4.78 is 1.76. The topological polar surface area (TPSA) is 84.2 Å². The van der Waals surface area contributed by atoms with E-state index >= 15 is 0 Å². The van der Waals surface area contributed by atoms with Crippen molar-refractivity contribution in [2.24, 2.45) is 5.92 Å². The zero-order valence-corrected chi connectivity index (χ0v) is 13.5. The van der Waals surface area contributed by atoms with E-state index in [1.165, 1.54) is 0 Å². The third-order valence-electron chi connectivity index (χ3n) is 3.52. The predicted octanol–water partition coefficient (Wildman–Crippen LogP) is 2.41. The first kappa shape index (κ1) is 16.7. The summed E-state index contributed by atoms with van der Waals surface area (Å²) in [7, 11) is 0. The number of nitrogens with one attached hydrogen (secondary N) is 1. The number of carbonyl (C=O) groups is 2. The van der Waals surface area contributed by atoms with Crippen molar-refractivity contribution in [3.63, 3.8) is 0 Å². The molecule has 2 N–H and O–H groups in total. The molecule has 0 aliphatic heterocycles. The van der Waals surface area contributed by atoms with E-state index in [4.69, 9.17) is 0 Å². The first-order valence-electron chi connectivity index (χ1n) is 7.53. The van der Waals surface area contributed by atoms with Gasteiger partial charge >= 0.3 is 5.97 Å². The lowest BCUT2D eigenvalue weighted by molar-refractivity contribution is -0.139. The van der Waals surface area contributed by atoms with Crippen LogP contribution in [0.1, 0.15) is 36.3 Å². The normalized spacial score (nSPS) is 12.2. The molecule has 0 unspecified atom stereocenters. The first-order chi connectivity index (χ1) is 10.9. The van der Waals surface area contributed by atoms with E-state index in [0.717, 1.165) is 11.4 Å². The van der Waals surface area contributed by atoms with E-state index < -0.39 is 12.0 Å². The van der Waals surface area contributed by atoms with E-state index in [1.807, 2.05) is 26.8 Å². The van der Waals surface area contributed by atoms with Crippen molar-refractivity contribution in [3.8, 4) is 5.69 Å². The van der Waals surface area contributed by atoms with Crippen molar-refractivity contribution in [1.29, 1.82) is 0 Å². The predicted molar refractivity (Wildman–Crippen MR) is 86.6 cm³/mol. The number of carbonyl (C=O) groups excluding carboxylic acids is 1. The maximum absolute atomic E-state index is 12.2. The maximum atomic E-state index is 12.2. The molecule has 0 fully saturated rings. The number of nitrogens with zero attached hydrogens (tertiary/aromatic N) is 2.